The molecule has 1 N–H and O–H groups in total. The van der Waals surface area contributed by atoms with Crippen LogP contribution in [0.5, 0.6) is 11.5 Å². The van der Waals surface area contributed by atoms with E-state index in [1.165, 1.54) is 5.56 Å². The molecule has 0 bridgehead atoms. The van der Waals surface area contributed by atoms with Crippen LogP contribution in [0.15, 0.2) is 18.2 Å². The van der Waals surface area contributed by atoms with E-state index in [9.17, 15) is 5.11 Å². The van der Waals surface area contributed by atoms with E-state index >= 15 is 0 Å². The number of methoxy groups -OCH3 is 1. The lowest BCUT2D eigenvalue weighted by Crippen LogP contribution is -2.43. The zero-order valence-electron chi connectivity index (χ0n) is 14.3. The molecule has 4 nitrogen and oxygen atoms in total. The van der Waals surface area contributed by atoms with Gasteiger partial charge in [0.25, 0.3) is 0 Å². The second-order valence-corrected chi connectivity index (χ2v) is 6.92. The van der Waals surface area contributed by atoms with E-state index in [1.54, 1.807) is 7.11 Å². The van der Waals surface area contributed by atoms with Gasteiger partial charge in [-0.25, -0.2) is 0 Å². The summed E-state index contributed by atoms with van der Waals surface area (Å²) in [5.41, 5.74) is 1.20. The van der Waals surface area contributed by atoms with Gasteiger partial charge in [-0.2, -0.15) is 0 Å². The zero-order chi connectivity index (χ0) is 16.2. The Balaban J connectivity index is 2.14. The third-order valence-corrected chi connectivity index (χ3v) is 4.27. The maximum atomic E-state index is 9.61. The third kappa shape index (κ3) is 4.37. The lowest BCUT2D eigenvalue weighted by molar-refractivity contribution is 0.0423. The lowest BCUT2D eigenvalue weighted by Gasteiger charge is -2.39. The molecule has 124 valence electrons. The van der Waals surface area contributed by atoms with E-state index in [2.05, 4.69) is 17.9 Å². The van der Waals surface area contributed by atoms with Gasteiger partial charge in [0, 0.05) is 36.7 Å². The molecule has 2 rings (SSSR count). The molecule has 1 saturated heterocycles. The van der Waals surface area contributed by atoms with Crippen LogP contribution in [0.4, 0.5) is 0 Å². The first-order chi connectivity index (χ1) is 10.5. The number of ether oxygens (including phenoxy) is 2. The molecule has 1 aliphatic heterocycles. The van der Waals surface area contributed by atoms with E-state index in [1.807, 2.05) is 26.0 Å². The summed E-state index contributed by atoms with van der Waals surface area (Å²) in [6.07, 6.45) is 2.36. The minimum absolute atomic E-state index is 0.0176. The quantitative estimate of drug-likeness (QED) is 0.877. The first-order valence-electron chi connectivity index (χ1n) is 8.12. The topological polar surface area (TPSA) is 41.9 Å². The van der Waals surface area contributed by atoms with Crippen LogP contribution in [-0.2, 0) is 6.54 Å². The van der Waals surface area contributed by atoms with E-state index < -0.39 is 0 Å². The van der Waals surface area contributed by atoms with Crippen molar-refractivity contribution in [3.05, 3.63) is 23.8 Å². The number of likely N-dealkylation sites (tertiary alicyclic amines) is 1. The lowest BCUT2D eigenvalue weighted by atomic mass is 9.82. The molecule has 1 aromatic carbocycles. The molecule has 4 heteroatoms. The maximum absolute atomic E-state index is 9.61. The van der Waals surface area contributed by atoms with Crippen molar-refractivity contribution in [2.24, 2.45) is 5.41 Å². The SMILES string of the molecule is COc1ccc(CN2CCCC(C)(CO)C2)c(OC(C)C)c1. The molecule has 1 atom stereocenters. The summed E-state index contributed by atoms with van der Waals surface area (Å²) in [4.78, 5) is 2.41. The van der Waals surface area contributed by atoms with Crippen LogP contribution in [0.25, 0.3) is 0 Å². The number of rotatable bonds is 6. The Bertz CT molecular complexity index is 489. The highest BCUT2D eigenvalue weighted by molar-refractivity contribution is 5.41. The number of benzene rings is 1. The highest BCUT2D eigenvalue weighted by Gasteiger charge is 2.30. The smallest absolute Gasteiger partial charge is 0.127 e. The van der Waals surface area contributed by atoms with Gasteiger partial charge < -0.3 is 14.6 Å². The monoisotopic (exact) mass is 307 g/mol. The predicted octanol–water partition coefficient (Wildman–Crippen LogP) is 3.08. The fourth-order valence-electron chi connectivity index (χ4n) is 3.09. The van der Waals surface area contributed by atoms with E-state index in [4.69, 9.17) is 9.47 Å². The Morgan fingerprint density at radius 1 is 1.36 bits per heavy atom. The largest absolute Gasteiger partial charge is 0.497 e. The zero-order valence-corrected chi connectivity index (χ0v) is 14.3. The van der Waals surface area contributed by atoms with Gasteiger partial charge in [-0.15, -0.1) is 0 Å². The maximum Gasteiger partial charge on any atom is 0.127 e. The molecule has 1 unspecified atom stereocenters. The van der Waals surface area contributed by atoms with Crippen molar-refractivity contribution in [2.45, 2.75) is 46.3 Å². The molecule has 1 aromatic rings. The van der Waals surface area contributed by atoms with Crippen molar-refractivity contribution in [1.82, 2.24) is 4.90 Å². The van der Waals surface area contributed by atoms with Crippen molar-refractivity contribution < 1.29 is 14.6 Å². The van der Waals surface area contributed by atoms with Gasteiger partial charge >= 0.3 is 0 Å². The van der Waals surface area contributed by atoms with Gasteiger partial charge in [0.1, 0.15) is 11.5 Å². The Kier molecular flexibility index (Phi) is 5.70. The molecule has 0 aromatic heterocycles. The minimum Gasteiger partial charge on any atom is -0.497 e. The van der Waals surface area contributed by atoms with Crippen LogP contribution in [0.2, 0.25) is 0 Å². The van der Waals surface area contributed by atoms with Gasteiger partial charge in [0.15, 0.2) is 0 Å². The molecule has 0 saturated carbocycles. The summed E-state index contributed by atoms with van der Waals surface area (Å²) in [5, 5.41) is 9.61. The fourth-order valence-corrected chi connectivity index (χ4v) is 3.09. The number of aliphatic hydroxyl groups excluding tert-OH is 1. The molecule has 1 heterocycles. The number of hydrogen-bond donors (Lipinski definition) is 1. The van der Waals surface area contributed by atoms with E-state index in [0.29, 0.717) is 0 Å². The normalized spacial score (nSPS) is 22.8. The Labute approximate surface area is 134 Å². The summed E-state index contributed by atoms with van der Waals surface area (Å²) in [6, 6.07) is 6.03. The standard InChI is InChI=1S/C18H29NO3/c1-14(2)22-17-10-16(21-4)7-6-15(17)11-19-9-5-8-18(3,12-19)13-20/h6-7,10,14,20H,5,8-9,11-13H2,1-4H3. The third-order valence-electron chi connectivity index (χ3n) is 4.27. The second kappa shape index (κ2) is 7.34. The average molecular weight is 307 g/mol. The second-order valence-electron chi connectivity index (χ2n) is 6.92. The molecule has 1 aliphatic rings. The van der Waals surface area contributed by atoms with E-state index in [0.717, 1.165) is 44.0 Å². The van der Waals surface area contributed by atoms with Crippen LogP contribution < -0.4 is 9.47 Å². The number of nitrogens with zero attached hydrogens (tertiary/aromatic N) is 1. The van der Waals surface area contributed by atoms with Crippen molar-refractivity contribution in [1.29, 1.82) is 0 Å². The van der Waals surface area contributed by atoms with Crippen LogP contribution in [0.3, 0.4) is 0 Å². The van der Waals surface area contributed by atoms with Crippen molar-refractivity contribution in [3.8, 4) is 11.5 Å². The summed E-state index contributed by atoms with van der Waals surface area (Å²) in [6.45, 7) is 9.33. The summed E-state index contributed by atoms with van der Waals surface area (Å²) in [5.74, 6) is 1.71. The Morgan fingerprint density at radius 3 is 2.77 bits per heavy atom. The van der Waals surface area contributed by atoms with Crippen LogP contribution in [-0.4, -0.2) is 42.9 Å². The first-order valence-corrected chi connectivity index (χ1v) is 8.12. The Hall–Kier alpha value is -1.26. The van der Waals surface area contributed by atoms with Crippen LogP contribution in [0, 0.1) is 5.41 Å². The summed E-state index contributed by atoms with van der Waals surface area (Å²) < 4.78 is 11.3. The Morgan fingerprint density at radius 2 is 2.14 bits per heavy atom. The summed E-state index contributed by atoms with van der Waals surface area (Å²) in [7, 11) is 1.67. The van der Waals surface area contributed by atoms with E-state index in [-0.39, 0.29) is 18.1 Å². The molecule has 0 aliphatic carbocycles. The molecule has 0 amide bonds. The van der Waals surface area contributed by atoms with Crippen molar-refractivity contribution in [2.75, 3.05) is 26.8 Å². The molecular formula is C18H29NO3. The molecule has 0 spiro atoms. The van der Waals surface area contributed by atoms with Crippen LogP contribution in [0.1, 0.15) is 39.2 Å². The highest BCUT2D eigenvalue weighted by atomic mass is 16.5. The first kappa shape index (κ1) is 17.1. The summed E-state index contributed by atoms with van der Waals surface area (Å²) >= 11 is 0. The predicted molar refractivity (Wildman–Crippen MR) is 88.5 cm³/mol. The highest BCUT2D eigenvalue weighted by Crippen LogP contribution is 2.32. The molecular weight excluding hydrogens is 278 g/mol. The minimum atomic E-state index is 0.0176. The average Bonchev–Trinajstić information content (AvgIpc) is 2.48. The van der Waals surface area contributed by atoms with Gasteiger partial charge in [0.2, 0.25) is 0 Å². The molecule has 22 heavy (non-hydrogen) atoms. The van der Waals surface area contributed by atoms with Gasteiger partial charge in [0.05, 0.1) is 13.2 Å². The van der Waals surface area contributed by atoms with Crippen molar-refractivity contribution in [3.63, 3.8) is 0 Å². The fraction of sp³-hybridized carbons (Fsp3) is 0.667. The molecule has 1 fully saturated rings. The van der Waals surface area contributed by atoms with Gasteiger partial charge in [-0.05, 0) is 39.3 Å². The van der Waals surface area contributed by atoms with Crippen molar-refractivity contribution >= 4 is 0 Å². The van der Waals surface area contributed by atoms with Gasteiger partial charge in [-0.1, -0.05) is 13.0 Å². The molecule has 0 radical (unpaired) electrons. The van der Waals surface area contributed by atoms with Gasteiger partial charge in [-0.3, -0.25) is 4.90 Å². The van der Waals surface area contributed by atoms with Crippen LogP contribution >= 0.6 is 0 Å². The number of hydrogen-bond acceptors (Lipinski definition) is 4. The number of piperidine rings is 1. The number of aliphatic hydroxyl groups is 1.